The number of amides is 2. The third kappa shape index (κ3) is 3.72. The highest BCUT2D eigenvalue weighted by molar-refractivity contribution is 6.05. The molecule has 21 heavy (non-hydrogen) atoms. The van der Waals surface area contributed by atoms with E-state index >= 15 is 0 Å². The van der Waals surface area contributed by atoms with Crippen molar-refractivity contribution in [2.24, 2.45) is 5.73 Å². The van der Waals surface area contributed by atoms with Gasteiger partial charge in [0.2, 0.25) is 5.91 Å². The first kappa shape index (κ1) is 15.3. The summed E-state index contributed by atoms with van der Waals surface area (Å²) >= 11 is 0. The molecule has 2 rings (SSSR count). The van der Waals surface area contributed by atoms with Gasteiger partial charge >= 0.3 is 0 Å². The topological polar surface area (TPSA) is 96.2 Å². The van der Waals surface area contributed by atoms with Gasteiger partial charge in [-0.25, -0.2) is 0 Å². The Hall–Kier alpha value is -2.08. The zero-order valence-electron chi connectivity index (χ0n) is 12.4. The van der Waals surface area contributed by atoms with Gasteiger partial charge in [0.25, 0.3) is 5.91 Å². The van der Waals surface area contributed by atoms with E-state index in [0.717, 1.165) is 12.8 Å². The van der Waals surface area contributed by atoms with Crippen LogP contribution in [0.1, 0.15) is 36.5 Å². The molecule has 0 heterocycles. The number of carbonyl (C=O) groups excluding carboxylic acids is 2. The molecule has 1 fully saturated rings. The van der Waals surface area contributed by atoms with Crippen LogP contribution in [0.4, 0.5) is 11.4 Å². The molecule has 0 spiro atoms. The number of nitrogens with two attached hydrogens (primary N) is 1. The van der Waals surface area contributed by atoms with Gasteiger partial charge in [0.1, 0.15) is 0 Å². The second-order valence-electron chi connectivity index (χ2n) is 5.23. The zero-order chi connectivity index (χ0) is 15.4. The molecule has 0 aromatic heterocycles. The summed E-state index contributed by atoms with van der Waals surface area (Å²) in [7, 11) is 1.58. The van der Waals surface area contributed by atoms with Crippen LogP contribution in [-0.4, -0.2) is 30.9 Å². The zero-order valence-corrected chi connectivity index (χ0v) is 12.4. The maximum Gasteiger partial charge on any atom is 0.253 e. The van der Waals surface area contributed by atoms with Crippen molar-refractivity contribution in [2.75, 3.05) is 17.7 Å². The molecule has 0 bridgehead atoms. The molecule has 0 unspecified atom stereocenters. The van der Waals surface area contributed by atoms with Crippen LogP contribution in [0.15, 0.2) is 18.2 Å². The Morgan fingerprint density at radius 3 is 2.67 bits per heavy atom. The molecule has 0 aliphatic heterocycles. The van der Waals surface area contributed by atoms with Crippen molar-refractivity contribution in [1.29, 1.82) is 0 Å². The molecule has 0 radical (unpaired) electrons. The van der Waals surface area contributed by atoms with Crippen LogP contribution in [0, 0.1) is 0 Å². The molecule has 1 aliphatic carbocycles. The van der Waals surface area contributed by atoms with Gasteiger partial charge in [0, 0.05) is 13.1 Å². The highest BCUT2D eigenvalue weighted by Crippen LogP contribution is 2.32. The summed E-state index contributed by atoms with van der Waals surface area (Å²) in [5.41, 5.74) is 7.52. The van der Waals surface area contributed by atoms with Crippen LogP contribution < -0.4 is 21.7 Å². The minimum absolute atomic E-state index is 0.186. The van der Waals surface area contributed by atoms with Crippen LogP contribution in [0.25, 0.3) is 0 Å². The number of carbonyl (C=O) groups is 2. The van der Waals surface area contributed by atoms with Gasteiger partial charge in [-0.15, -0.1) is 0 Å². The number of anilines is 2. The Labute approximate surface area is 124 Å². The average molecular weight is 290 g/mol. The Balaban J connectivity index is 2.30. The van der Waals surface area contributed by atoms with E-state index in [9.17, 15) is 9.59 Å². The van der Waals surface area contributed by atoms with Crippen molar-refractivity contribution < 1.29 is 9.59 Å². The summed E-state index contributed by atoms with van der Waals surface area (Å²) in [6.45, 7) is 1.86. The van der Waals surface area contributed by atoms with Crippen LogP contribution in [0.2, 0.25) is 0 Å². The number of hydrogen-bond acceptors (Lipinski definition) is 4. The van der Waals surface area contributed by atoms with Crippen molar-refractivity contribution in [3.05, 3.63) is 23.8 Å². The van der Waals surface area contributed by atoms with E-state index in [1.807, 2.05) is 6.92 Å². The van der Waals surface area contributed by atoms with Crippen molar-refractivity contribution in [3.63, 3.8) is 0 Å². The van der Waals surface area contributed by atoms with Gasteiger partial charge in [0.15, 0.2) is 0 Å². The molecule has 2 amide bonds. The molecule has 5 N–H and O–H groups in total. The van der Waals surface area contributed by atoms with Crippen LogP contribution >= 0.6 is 0 Å². The van der Waals surface area contributed by atoms with Gasteiger partial charge in [-0.05, 0) is 31.4 Å². The molecule has 6 nitrogen and oxygen atoms in total. The predicted molar refractivity (Wildman–Crippen MR) is 83.4 cm³/mol. The Morgan fingerprint density at radius 2 is 2.10 bits per heavy atom. The molecule has 1 atom stereocenters. The largest absolute Gasteiger partial charge is 0.380 e. The first-order valence-electron chi connectivity index (χ1n) is 7.24. The monoisotopic (exact) mass is 290 g/mol. The molecule has 114 valence electrons. The fraction of sp³-hybridized carbons (Fsp3) is 0.467. The van der Waals surface area contributed by atoms with E-state index in [4.69, 9.17) is 5.73 Å². The van der Waals surface area contributed by atoms with E-state index in [-0.39, 0.29) is 11.8 Å². The lowest BCUT2D eigenvalue weighted by Gasteiger charge is -2.17. The molecular weight excluding hydrogens is 268 g/mol. The maximum atomic E-state index is 12.0. The number of rotatable bonds is 6. The molecule has 1 aromatic rings. The second-order valence-corrected chi connectivity index (χ2v) is 5.23. The van der Waals surface area contributed by atoms with E-state index < -0.39 is 6.04 Å². The SMILES string of the molecule is CC[C@H](N)C(=O)Nc1cccc(C(=O)NC)c1NC1CC1. The van der Waals surface area contributed by atoms with Crippen LogP contribution in [-0.2, 0) is 4.79 Å². The highest BCUT2D eigenvalue weighted by atomic mass is 16.2. The lowest BCUT2D eigenvalue weighted by molar-refractivity contribution is -0.117. The fourth-order valence-corrected chi connectivity index (χ4v) is 1.98. The molecule has 1 aliphatic rings. The van der Waals surface area contributed by atoms with Crippen molar-refractivity contribution >= 4 is 23.2 Å². The fourth-order valence-electron chi connectivity index (χ4n) is 1.98. The first-order valence-corrected chi connectivity index (χ1v) is 7.24. The summed E-state index contributed by atoms with van der Waals surface area (Å²) in [4.78, 5) is 24.0. The quantitative estimate of drug-likeness (QED) is 0.635. The first-order chi connectivity index (χ1) is 10.1. The number of benzene rings is 1. The molecule has 1 aromatic carbocycles. The average Bonchev–Trinajstić information content (AvgIpc) is 3.31. The second kappa shape index (κ2) is 6.58. The number of para-hydroxylation sites is 1. The number of nitrogens with one attached hydrogen (secondary N) is 3. The van der Waals surface area contributed by atoms with Gasteiger partial charge in [-0.2, -0.15) is 0 Å². The highest BCUT2D eigenvalue weighted by Gasteiger charge is 2.25. The standard InChI is InChI=1S/C15H22N4O2/c1-3-11(16)15(21)19-12-6-4-5-10(14(20)17-2)13(12)18-9-7-8-9/h4-6,9,11,18H,3,7-8,16H2,1-2H3,(H,17,20)(H,19,21)/t11-/m0/s1. The van der Waals surface area contributed by atoms with Crippen molar-refractivity contribution in [2.45, 2.75) is 38.3 Å². The van der Waals surface area contributed by atoms with Crippen molar-refractivity contribution in [1.82, 2.24) is 5.32 Å². The Morgan fingerprint density at radius 1 is 1.38 bits per heavy atom. The lowest BCUT2D eigenvalue weighted by atomic mass is 10.1. The third-order valence-corrected chi connectivity index (χ3v) is 3.50. The van der Waals surface area contributed by atoms with Crippen LogP contribution in [0.3, 0.4) is 0 Å². The number of hydrogen-bond donors (Lipinski definition) is 4. The van der Waals surface area contributed by atoms with Gasteiger partial charge < -0.3 is 21.7 Å². The van der Waals surface area contributed by atoms with E-state index in [1.165, 1.54) is 0 Å². The smallest absolute Gasteiger partial charge is 0.253 e. The summed E-state index contributed by atoms with van der Waals surface area (Å²) in [6, 6.07) is 5.07. The lowest BCUT2D eigenvalue weighted by Crippen LogP contribution is -2.35. The van der Waals surface area contributed by atoms with E-state index in [2.05, 4.69) is 16.0 Å². The summed E-state index contributed by atoms with van der Waals surface area (Å²) in [6.07, 6.45) is 2.71. The van der Waals surface area contributed by atoms with E-state index in [0.29, 0.717) is 29.4 Å². The van der Waals surface area contributed by atoms with Gasteiger partial charge in [0.05, 0.1) is 23.0 Å². The van der Waals surface area contributed by atoms with Crippen molar-refractivity contribution in [3.8, 4) is 0 Å². The minimum Gasteiger partial charge on any atom is -0.380 e. The summed E-state index contributed by atoms with van der Waals surface area (Å²) in [5.74, 6) is -0.431. The molecular formula is C15H22N4O2. The summed E-state index contributed by atoms with van der Waals surface area (Å²) < 4.78 is 0. The maximum absolute atomic E-state index is 12.0. The molecule has 1 saturated carbocycles. The minimum atomic E-state index is -0.553. The van der Waals surface area contributed by atoms with Gasteiger partial charge in [-0.3, -0.25) is 9.59 Å². The van der Waals surface area contributed by atoms with E-state index in [1.54, 1.807) is 25.2 Å². The Bertz CT molecular complexity index is 540. The molecule has 6 heteroatoms. The normalized spacial score (nSPS) is 15.2. The molecule has 0 saturated heterocycles. The summed E-state index contributed by atoms with van der Waals surface area (Å²) in [5, 5.41) is 8.73. The third-order valence-electron chi connectivity index (χ3n) is 3.50. The van der Waals surface area contributed by atoms with Gasteiger partial charge in [-0.1, -0.05) is 13.0 Å². The predicted octanol–water partition coefficient (Wildman–Crippen LogP) is 1.30. The van der Waals surface area contributed by atoms with Crippen LogP contribution in [0.5, 0.6) is 0 Å². The Kier molecular flexibility index (Phi) is 4.80.